The molecule has 0 bridgehead atoms. The standard InChI is InChI=1S/C23H27FN2O6S/c1-3-32-23(27)15-21(17-5-7-19(24)8-6-17)18-10-12-25(13-11-18)33(30,31)20-9-4-16(2)22(14-20)26(28)29/h4-9,14,18,21H,3,10-13,15H2,1-2H3. The van der Waals surface area contributed by atoms with Gasteiger partial charge in [0, 0.05) is 24.7 Å². The third kappa shape index (κ3) is 5.75. The third-order valence-corrected chi connectivity index (χ3v) is 7.97. The number of carbonyl (C=O) groups is 1. The Morgan fingerprint density at radius 1 is 1.21 bits per heavy atom. The van der Waals surface area contributed by atoms with Crippen molar-refractivity contribution in [3.63, 3.8) is 0 Å². The fraction of sp³-hybridized carbons (Fsp3) is 0.435. The number of carbonyl (C=O) groups excluding carboxylic acids is 1. The number of halogens is 1. The lowest BCUT2D eigenvalue weighted by Gasteiger charge is -2.35. The zero-order valence-electron chi connectivity index (χ0n) is 18.6. The van der Waals surface area contributed by atoms with Crippen LogP contribution in [0.25, 0.3) is 0 Å². The molecule has 1 fully saturated rings. The molecule has 0 N–H and O–H groups in total. The Morgan fingerprint density at radius 2 is 1.85 bits per heavy atom. The molecule has 0 spiro atoms. The molecule has 1 heterocycles. The second kappa shape index (κ2) is 10.4. The number of hydrogen-bond acceptors (Lipinski definition) is 6. The molecule has 33 heavy (non-hydrogen) atoms. The summed E-state index contributed by atoms with van der Waals surface area (Å²) in [6, 6.07) is 9.89. The second-order valence-corrected chi connectivity index (χ2v) is 10.1. The summed E-state index contributed by atoms with van der Waals surface area (Å²) in [6.45, 7) is 3.97. The van der Waals surface area contributed by atoms with Gasteiger partial charge in [-0.05, 0) is 62.3 Å². The molecule has 0 amide bonds. The van der Waals surface area contributed by atoms with E-state index in [2.05, 4.69) is 0 Å². The predicted octanol–water partition coefficient (Wildman–Crippen LogP) is 4.18. The van der Waals surface area contributed by atoms with Crippen LogP contribution in [-0.4, -0.2) is 43.3 Å². The molecule has 0 radical (unpaired) electrons. The van der Waals surface area contributed by atoms with Crippen LogP contribution in [0, 0.1) is 28.8 Å². The van der Waals surface area contributed by atoms with E-state index in [0.717, 1.165) is 11.6 Å². The van der Waals surface area contributed by atoms with Crippen molar-refractivity contribution in [2.75, 3.05) is 19.7 Å². The highest BCUT2D eigenvalue weighted by atomic mass is 32.2. The van der Waals surface area contributed by atoms with Crippen molar-refractivity contribution in [1.82, 2.24) is 4.31 Å². The van der Waals surface area contributed by atoms with Crippen LogP contribution in [0.1, 0.15) is 43.2 Å². The highest BCUT2D eigenvalue weighted by Crippen LogP contribution is 2.37. The van der Waals surface area contributed by atoms with Crippen molar-refractivity contribution in [3.8, 4) is 0 Å². The average molecular weight is 479 g/mol. The molecular formula is C23H27FN2O6S. The molecular weight excluding hydrogens is 451 g/mol. The molecule has 1 unspecified atom stereocenters. The Hall–Kier alpha value is -2.85. The van der Waals surface area contributed by atoms with Gasteiger partial charge >= 0.3 is 5.97 Å². The molecule has 2 aromatic carbocycles. The van der Waals surface area contributed by atoms with Crippen molar-refractivity contribution in [1.29, 1.82) is 0 Å². The Kier molecular flexibility index (Phi) is 7.80. The number of aryl methyl sites for hydroxylation is 1. The SMILES string of the molecule is CCOC(=O)CC(c1ccc(F)cc1)C1CCN(S(=O)(=O)c2ccc(C)c([N+](=O)[O-])c2)CC1. The van der Waals surface area contributed by atoms with E-state index in [9.17, 15) is 27.7 Å². The van der Waals surface area contributed by atoms with Gasteiger partial charge in [0.1, 0.15) is 5.82 Å². The normalized spacial score (nSPS) is 16.3. The van der Waals surface area contributed by atoms with E-state index >= 15 is 0 Å². The molecule has 2 aromatic rings. The minimum absolute atomic E-state index is 0.00123. The molecule has 1 atom stereocenters. The minimum atomic E-state index is -3.90. The lowest BCUT2D eigenvalue weighted by Crippen LogP contribution is -2.40. The minimum Gasteiger partial charge on any atom is -0.466 e. The van der Waals surface area contributed by atoms with E-state index in [0.29, 0.717) is 18.4 Å². The molecule has 1 aliphatic rings. The van der Waals surface area contributed by atoms with Gasteiger partial charge in [-0.1, -0.05) is 18.2 Å². The average Bonchev–Trinajstić information content (AvgIpc) is 2.78. The van der Waals surface area contributed by atoms with Crippen LogP contribution in [0.3, 0.4) is 0 Å². The van der Waals surface area contributed by atoms with E-state index in [1.165, 1.54) is 28.6 Å². The molecule has 1 aliphatic heterocycles. The van der Waals surface area contributed by atoms with Gasteiger partial charge < -0.3 is 4.74 Å². The largest absolute Gasteiger partial charge is 0.466 e. The van der Waals surface area contributed by atoms with Crippen LogP contribution in [0.4, 0.5) is 10.1 Å². The van der Waals surface area contributed by atoms with Crippen LogP contribution in [0.2, 0.25) is 0 Å². The molecule has 3 rings (SSSR count). The Balaban J connectivity index is 1.78. The number of rotatable bonds is 8. The molecule has 0 saturated carbocycles. The van der Waals surface area contributed by atoms with E-state index in [4.69, 9.17) is 4.74 Å². The maximum absolute atomic E-state index is 13.4. The number of piperidine rings is 1. The molecule has 8 nitrogen and oxygen atoms in total. The van der Waals surface area contributed by atoms with Crippen LogP contribution in [0.5, 0.6) is 0 Å². The summed E-state index contributed by atoms with van der Waals surface area (Å²) >= 11 is 0. The first-order valence-electron chi connectivity index (χ1n) is 10.8. The fourth-order valence-corrected chi connectivity index (χ4v) is 5.77. The zero-order chi connectivity index (χ0) is 24.2. The van der Waals surface area contributed by atoms with Gasteiger partial charge in [-0.25, -0.2) is 12.8 Å². The van der Waals surface area contributed by atoms with Crippen molar-refractivity contribution >= 4 is 21.7 Å². The summed E-state index contributed by atoms with van der Waals surface area (Å²) in [5.74, 6) is -0.954. The van der Waals surface area contributed by atoms with Gasteiger partial charge in [0.15, 0.2) is 0 Å². The first kappa shape index (κ1) is 24.8. The molecule has 0 aromatic heterocycles. The lowest BCUT2D eigenvalue weighted by atomic mass is 9.78. The van der Waals surface area contributed by atoms with Crippen LogP contribution >= 0.6 is 0 Å². The van der Waals surface area contributed by atoms with Gasteiger partial charge in [0.05, 0.1) is 22.8 Å². The van der Waals surface area contributed by atoms with Gasteiger partial charge in [-0.3, -0.25) is 14.9 Å². The first-order valence-corrected chi connectivity index (χ1v) is 12.2. The number of hydrogen-bond donors (Lipinski definition) is 0. The van der Waals surface area contributed by atoms with Gasteiger partial charge in [0.25, 0.3) is 5.69 Å². The van der Waals surface area contributed by atoms with Crippen molar-refractivity contribution in [3.05, 3.63) is 69.5 Å². The van der Waals surface area contributed by atoms with E-state index in [-0.39, 0.29) is 60.3 Å². The number of benzene rings is 2. The predicted molar refractivity (Wildman–Crippen MR) is 120 cm³/mol. The molecule has 1 saturated heterocycles. The van der Waals surface area contributed by atoms with E-state index in [1.54, 1.807) is 26.0 Å². The monoisotopic (exact) mass is 478 g/mol. The highest BCUT2D eigenvalue weighted by Gasteiger charge is 2.35. The zero-order valence-corrected chi connectivity index (χ0v) is 19.4. The first-order chi connectivity index (χ1) is 15.6. The summed E-state index contributed by atoms with van der Waals surface area (Å²) in [6.07, 6.45) is 1.12. The van der Waals surface area contributed by atoms with Crippen molar-refractivity contribution < 1.29 is 27.3 Å². The van der Waals surface area contributed by atoms with Crippen LogP contribution < -0.4 is 0 Å². The summed E-state index contributed by atoms with van der Waals surface area (Å²) in [5, 5.41) is 11.2. The Bertz CT molecular complexity index is 1110. The summed E-state index contributed by atoms with van der Waals surface area (Å²) in [5.41, 5.74) is 0.954. The Morgan fingerprint density at radius 3 is 2.42 bits per heavy atom. The maximum atomic E-state index is 13.4. The quantitative estimate of drug-likeness (QED) is 0.320. The fourth-order valence-electron chi connectivity index (χ4n) is 4.28. The van der Waals surface area contributed by atoms with Gasteiger partial charge in [-0.15, -0.1) is 0 Å². The van der Waals surface area contributed by atoms with Crippen molar-refractivity contribution in [2.45, 2.75) is 43.9 Å². The third-order valence-electron chi connectivity index (χ3n) is 6.07. The van der Waals surface area contributed by atoms with E-state index < -0.39 is 14.9 Å². The number of ether oxygens (including phenoxy) is 1. The van der Waals surface area contributed by atoms with Crippen LogP contribution in [0.15, 0.2) is 47.4 Å². The maximum Gasteiger partial charge on any atom is 0.306 e. The van der Waals surface area contributed by atoms with Gasteiger partial charge in [0.2, 0.25) is 10.0 Å². The second-order valence-electron chi connectivity index (χ2n) is 8.11. The van der Waals surface area contributed by atoms with Crippen molar-refractivity contribution in [2.24, 2.45) is 5.92 Å². The highest BCUT2D eigenvalue weighted by molar-refractivity contribution is 7.89. The summed E-state index contributed by atoms with van der Waals surface area (Å²) in [7, 11) is -3.90. The molecule has 10 heteroatoms. The lowest BCUT2D eigenvalue weighted by molar-refractivity contribution is -0.385. The summed E-state index contributed by atoms with van der Waals surface area (Å²) < 4.78 is 46.1. The smallest absolute Gasteiger partial charge is 0.306 e. The number of nitro groups is 1. The molecule has 178 valence electrons. The number of nitrogens with zero attached hydrogens (tertiary/aromatic N) is 2. The Labute approximate surface area is 192 Å². The number of esters is 1. The van der Waals surface area contributed by atoms with Gasteiger partial charge in [-0.2, -0.15) is 4.31 Å². The summed E-state index contributed by atoms with van der Waals surface area (Å²) in [4.78, 5) is 22.7. The number of nitro benzene ring substituents is 1. The van der Waals surface area contributed by atoms with Crippen LogP contribution in [-0.2, 0) is 19.6 Å². The number of sulfonamides is 1. The topological polar surface area (TPSA) is 107 Å². The van der Waals surface area contributed by atoms with E-state index in [1.807, 2.05) is 0 Å². The molecule has 0 aliphatic carbocycles.